The molecule has 1 aromatic carbocycles. The fraction of sp³-hybridized carbons (Fsp3) is 0.609. The lowest BCUT2D eigenvalue weighted by Gasteiger charge is -2.31. The van der Waals surface area contributed by atoms with Crippen LogP contribution in [0.25, 0.3) is 0 Å². The van der Waals surface area contributed by atoms with E-state index >= 15 is 0 Å². The van der Waals surface area contributed by atoms with Crippen LogP contribution >= 0.6 is 11.8 Å². The number of nitrogens with one attached hydrogen (secondary N) is 1. The summed E-state index contributed by atoms with van der Waals surface area (Å²) in [6, 6.07) is 5.93. The fourth-order valence-corrected chi connectivity index (χ4v) is 4.70. The molecule has 9 heteroatoms. The maximum absolute atomic E-state index is 12.6. The Labute approximate surface area is 194 Å². The topological polar surface area (TPSA) is 81.5 Å². The highest BCUT2D eigenvalue weighted by molar-refractivity contribution is 7.99. The molecule has 2 aliphatic rings. The molecular formula is C23H33N5O3S. The number of amides is 1. The second-order valence-electron chi connectivity index (χ2n) is 8.42. The van der Waals surface area contributed by atoms with E-state index < -0.39 is 0 Å². The molecular weight excluding hydrogens is 426 g/mol. The SMILES string of the molecule is CCOc1ccc(NC(=O)CSc2nnc(N3CCC(C)CC3)n2C2CC2)cc1OCC. The Hall–Kier alpha value is -2.42. The molecule has 1 N–H and O–H groups in total. The normalized spacial score (nSPS) is 16.8. The monoisotopic (exact) mass is 459 g/mol. The molecule has 1 aromatic heterocycles. The molecule has 2 fully saturated rings. The molecule has 0 atom stereocenters. The lowest BCUT2D eigenvalue weighted by atomic mass is 10.00. The van der Waals surface area contributed by atoms with Crippen LogP contribution in [0.1, 0.15) is 52.5 Å². The van der Waals surface area contributed by atoms with Gasteiger partial charge in [0.05, 0.1) is 19.0 Å². The molecule has 0 unspecified atom stereocenters. The highest BCUT2D eigenvalue weighted by atomic mass is 32.2. The van der Waals surface area contributed by atoms with Crippen LogP contribution in [0.15, 0.2) is 23.4 Å². The summed E-state index contributed by atoms with van der Waals surface area (Å²) in [5, 5.41) is 12.7. The molecule has 32 heavy (non-hydrogen) atoms. The first-order valence-electron chi connectivity index (χ1n) is 11.6. The number of aromatic nitrogens is 3. The van der Waals surface area contributed by atoms with E-state index in [1.54, 1.807) is 6.07 Å². The summed E-state index contributed by atoms with van der Waals surface area (Å²) in [4.78, 5) is 15.0. The maximum Gasteiger partial charge on any atom is 0.234 e. The molecule has 1 amide bonds. The number of ether oxygens (including phenoxy) is 2. The average molecular weight is 460 g/mol. The van der Waals surface area contributed by atoms with Crippen LogP contribution in [0.4, 0.5) is 11.6 Å². The molecule has 0 spiro atoms. The molecule has 0 bridgehead atoms. The lowest BCUT2D eigenvalue weighted by molar-refractivity contribution is -0.113. The molecule has 1 saturated heterocycles. The first kappa shape index (κ1) is 22.8. The fourth-order valence-electron chi connectivity index (χ4n) is 3.90. The van der Waals surface area contributed by atoms with Gasteiger partial charge in [-0.15, -0.1) is 10.2 Å². The first-order valence-corrected chi connectivity index (χ1v) is 12.6. The van der Waals surface area contributed by atoms with Gasteiger partial charge < -0.3 is 19.7 Å². The third-order valence-electron chi connectivity index (χ3n) is 5.78. The smallest absolute Gasteiger partial charge is 0.234 e. The van der Waals surface area contributed by atoms with Gasteiger partial charge >= 0.3 is 0 Å². The number of hydrogen-bond donors (Lipinski definition) is 1. The van der Waals surface area contributed by atoms with E-state index in [-0.39, 0.29) is 11.7 Å². The maximum atomic E-state index is 12.6. The largest absolute Gasteiger partial charge is 0.490 e. The van der Waals surface area contributed by atoms with Gasteiger partial charge in [0.15, 0.2) is 16.7 Å². The Balaban J connectivity index is 1.38. The van der Waals surface area contributed by atoms with Gasteiger partial charge in [-0.1, -0.05) is 18.7 Å². The Bertz CT molecular complexity index is 922. The molecule has 2 heterocycles. The van der Waals surface area contributed by atoms with Crippen LogP contribution in [-0.4, -0.2) is 52.7 Å². The van der Waals surface area contributed by atoms with Gasteiger partial charge in [-0.3, -0.25) is 9.36 Å². The summed E-state index contributed by atoms with van der Waals surface area (Å²) in [6.07, 6.45) is 4.69. The number of carbonyl (C=O) groups excluding carboxylic acids is 1. The minimum atomic E-state index is -0.0831. The Morgan fingerprint density at radius 1 is 1.09 bits per heavy atom. The van der Waals surface area contributed by atoms with Crippen LogP contribution in [0, 0.1) is 5.92 Å². The van der Waals surface area contributed by atoms with Crippen LogP contribution in [0.5, 0.6) is 11.5 Å². The summed E-state index contributed by atoms with van der Waals surface area (Å²) in [6.45, 7) is 9.30. The van der Waals surface area contributed by atoms with E-state index in [0.29, 0.717) is 36.4 Å². The standard InChI is InChI=1S/C23H33N5O3S/c1-4-30-19-9-6-17(14-20(19)31-5-2)24-21(29)15-32-23-26-25-22(28(23)18-7-8-18)27-12-10-16(3)11-13-27/h6,9,14,16,18H,4-5,7-8,10-13,15H2,1-3H3,(H,24,29). The van der Waals surface area contributed by atoms with E-state index in [4.69, 9.17) is 9.47 Å². The first-order chi connectivity index (χ1) is 15.6. The zero-order chi connectivity index (χ0) is 22.5. The zero-order valence-electron chi connectivity index (χ0n) is 19.2. The highest BCUT2D eigenvalue weighted by Crippen LogP contribution is 2.41. The highest BCUT2D eigenvalue weighted by Gasteiger charge is 2.32. The quantitative estimate of drug-likeness (QED) is 0.528. The van der Waals surface area contributed by atoms with E-state index in [0.717, 1.165) is 43.0 Å². The minimum absolute atomic E-state index is 0.0831. The van der Waals surface area contributed by atoms with Gasteiger partial charge in [0.2, 0.25) is 11.9 Å². The lowest BCUT2D eigenvalue weighted by Crippen LogP contribution is -2.34. The Kier molecular flexibility index (Phi) is 7.44. The third kappa shape index (κ3) is 5.49. The number of piperidine rings is 1. The van der Waals surface area contributed by atoms with Crippen molar-refractivity contribution in [3.8, 4) is 11.5 Å². The summed E-state index contributed by atoms with van der Waals surface area (Å²) < 4.78 is 13.5. The van der Waals surface area contributed by atoms with Crippen LogP contribution in [0.3, 0.4) is 0 Å². The zero-order valence-corrected chi connectivity index (χ0v) is 20.0. The van der Waals surface area contributed by atoms with Crippen molar-refractivity contribution in [2.24, 2.45) is 5.92 Å². The molecule has 8 nitrogen and oxygen atoms in total. The number of carbonyl (C=O) groups is 1. The summed E-state index contributed by atoms with van der Waals surface area (Å²) >= 11 is 1.45. The molecule has 1 aliphatic carbocycles. The Morgan fingerprint density at radius 3 is 2.50 bits per heavy atom. The van der Waals surface area contributed by atoms with E-state index in [1.165, 1.54) is 24.6 Å². The van der Waals surface area contributed by atoms with Crippen molar-refractivity contribution < 1.29 is 14.3 Å². The minimum Gasteiger partial charge on any atom is -0.490 e. The molecule has 1 saturated carbocycles. The summed E-state index contributed by atoms with van der Waals surface area (Å²) in [5.74, 6) is 3.24. The number of thioether (sulfide) groups is 1. The van der Waals surface area contributed by atoms with Crippen LogP contribution < -0.4 is 19.7 Å². The van der Waals surface area contributed by atoms with E-state index in [9.17, 15) is 4.79 Å². The molecule has 4 rings (SSSR count). The third-order valence-corrected chi connectivity index (χ3v) is 6.73. The summed E-state index contributed by atoms with van der Waals surface area (Å²) in [7, 11) is 0. The van der Waals surface area contributed by atoms with Crippen molar-refractivity contribution >= 4 is 29.3 Å². The van der Waals surface area contributed by atoms with Gasteiger partial charge in [-0.2, -0.15) is 0 Å². The van der Waals surface area contributed by atoms with Crippen molar-refractivity contribution in [1.29, 1.82) is 0 Å². The van der Waals surface area contributed by atoms with Crippen LogP contribution in [-0.2, 0) is 4.79 Å². The van der Waals surface area contributed by atoms with Crippen molar-refractivity contribution in [3.63, 3.8) is 0 Å². The Morgan fingerprint density at radius 2 is 1.81 bits per heavy atom. The summed E-state index contributed by atoms with van der Waals surface area (Å²) in [5.41, 5.74) is 0.689. The molecule has 0 radical (unpaired) electrons. The van der Waals surface area contributed by atoms with Crippen molar-refractivity contribution in [2.45, 2.75) is 57.7 Å². The predicted octanol–water partition coefficient (Wildman–Crippen LogP) is 4.38. The van der Waals surface area contributed by atoms with E-state index in [2.05, 4.69) is 31.9 Å². The van der Waals surface area contributed by atoms with Gasteiger partial charge in [0.1, 0.15) is 0 Å². The molecule has 1 aliphatic heterocycles. The van der Waals surface area contributed by atoms with Gasteiger partial charge in [-0.25, -0.2) is 0 Å². The van der Waals surface area contributed by atoms with E-state index in [1.807, 2.05) is 26.0 Å². The second kappa shape index (κ2) is 10.5. The van der Waals surface area contributed by atoms with Gasteiger partial charge in [0, 0.05) is 30.9 Å². The van der Waals surface area contributed by atoms with Gasteiger partial charge in [-0.05, 0) is 57.6 Å². The number of nitrogens with zero attached hydrogens (tertiary/aromatic N) is 4. The molecule has 174 valence electrons. The number of anilines is 2. The molecule has 2 aromatic rings. The average Bonchev–Trinajstić information content (AvgIpc) is 3.54. The van der Waals surface area contributed by atoms with Gasteiger partial charge in [0.25, 0.3) is 0 Å². The van der Waals surface area contributed by atoms with Crippen molar-refractivity contribution in [2.75, 3.05) is 42.3 Å². The van der Waals surface area contributed by atoms with Crippen LogP contribution in [0.2, 0.25) is 0 Å². The number of rotatable bonds is 10. The number of benzene rings is 1. The second-order valence-corrected chi connectivity index (χ2v) is 9.36. The predicted molar refractivity (Wildman–Crippen MR) is 127 cm³/mol. The van der Waals surface area contributed by atoms with Crippen molar-refractivity contribution in [3.05, 3.63) is 18.2 Å². The van der Waals surface area contributed by atoms with Crippen molar-refractivity contribution in [1.82, 2.24) is 14.8 Å². The number of hydrogen-bond acceptors (Lipinski definition) is 7.